The van der Waals surface area contributed by atoms with Crippen LogP contribution in [0.1, 0.15) is 12.8 Å². The molecule has 0 aromatic heterocycles. The normalized spacial score (nSPS) is 18.4. The zero-order valence-corrected chi connectivity index (χ0v) is 16.2. The summed E-state index contributed by atoms with van der Waals surface area (Å²) in [4.78, 5) is 0.115. The largest absolute Gasteiger partial charge is 0.490 e. The van der Waals surface area contributed by atoms with E-state index in [4.69, 9.17) is 21.1 Å². The number of likely N-dealkylation sites (N-methyl/N-ethyl adjacent to an activating group) is 1. The molecule has 138 valence electrons. The van der Waals surface area contributed by atoms with Gasteiger partial charge in [0.05, 0.1) is 6.61 Å². The maximum absolute atomic E-state index is 13.1. The summed E-state index contributed by atoms with van der Waals surface area (Å²) in [6.07, 6.45) is 1.70. The van der Waals surface area contributed by atoms with Gasteiger partial charge in [0.25, 0.3) is 0 Å². The van der Waals surface area contributed by atoms with E-state index >= 15 is 0 Å². The Morgan fingerprint density at radius 3 is 2.79 bits per heavy atom. The summed E-state index contributed by atoms with van der Waals surface area (Å²) in [5, 5.41) is 3.42. The minimum Gasteiger partial charge on any atom is -0.490 e. The Labute approximate surface area is 154 Å². The number of sulfonamides is 1. The van der Waals surface area contributed by atoms with Gasteiger partial charge in [-0.05, 0) is 38.1 Å². The first kappa shape index (κ1) is 21.5. The van der Waals surface area contributed by atoms with Crippen LogP contribution in [0.2, 0.25) is 5.02 Å². The fourth-order valence-electron chi connectivity index (χ4n) is 2.73. The molecule has 1 heterocycles. The number of halogens is 2. The molecule has 0 aliphatic carbocycles. The average Bonchev–Trinajstić information content (AvgIpc) is 2.98. The highest BCUT2D eigenvalue weighted by Gasteiger charge is 2.36. The highest BCUT2D eigenvalue weighted by molar-refractivity contribution is 7.89. The van der Waals surface area contributed by atoms with E-state index in [0.29, 0.717) is 30.5 Å². The number of rotatable bonds is 8. The summed E-state index contributed by atoms with van der Waals surface area (Å²) >= 11 is 6.01. The van der Waals surface area contributed by atoms with Crippen molar-refractivity contribution in [1.82, 2.24) is 9.62 Å². The van der Waals surface area contributed by atoms with Crippen LogP contribution in [0.5, 0.6) is 5.75 Å². The second-order valence-electron chi connectivity index (χ2n) is 5.40. The van der Waals surface area contributed by atoms with E-state index in [9.17, 15) is 8.42 Å². The fourth-order valence-corrected chi connectivity index (χ4v) is 4.82. The first-order valence-corrected chi connectivity index (χ1v) is 9.40. The van der Waals surface area contributed by atoms with Crippen LogP contribution in [-0.4, -0.2) is 59.2 Å². The van der Waals surface area contributed by atoms with E-state index in [-0.39, 0.29) is 30.0 Å². The maximum atomic E-state index is 13.1. The van der Waals surface area contributed by atoms with Crippen molar-refractivity contribution in [3.05, 3.63) is 23.2 Å². The molecule has 1 saturated heterocycles. The number of nitrogens with one attached hydrogen (secondary N) is 1. The number of benzene rings is 1. The summed E-state index contributed by atoms with van der Waals surface area (Å²) in [7, 11) is -0.271. The van der Waals surface area contributed by atoms with Gasteiger partial charge < -0.3 is 14.8 Å². The van der Waals surface area contributed by atoms with E-state index in [1.54, 1.807) is 23.5 Å². The Hall–Kier alpha value is -0.570. The van der Waals surface area contributed by atoms with Crippen LogP contribution in [0.25, 0.3) is 0 Å². The van der Waals surface area contributed by atoms with Gasteiger partial charge in [-0.3, -0.25) is 0 Å². The monoisotopic (exact) mass is 398 g/mol. The van der Waals surface area contributed by atoms with Crippen molar-refractivity contribution in [2.75, 3.05) is 40.5 Å². The second kappa shape index (κ2) is 9.79. The minimum absolute atomic E-state index is 0. The number of methoxy groups -OCH3 is 1. The Morgan fingerprint density at radius 2 is 2.12 bits per heavy atom. The molecule has 1 aliphatic heterocycles. The Morgan fingerprint density at radius 1 is 1.38 bits per heavy atom. The Balaban J connectivity index is 0.00000288. The number of nitrogens with zero attached hydrogens (tertiary/aromatic N) is 1. The number of ether oxygens (including phenoxy) is 2. The highest BCUT2D eigenvalue weighted by Crippen LogP contribution is 2.33. The molecule has 1 unspecified atom stereocenters. The molecular weight excluding hydrogens is 375 g/mol. The van der Waals surface area contributed by atoms with Crippen LogP contribution >= 0.6 is 24.0 Å². The standard InChI is InChI=1S/C15H23ClN2O4S.ClH/c1-17-11-13-4-3-7-18(13)23(19,20)15-10-12(16)5-6-14(15)22-9-8-21-2;/h5-6,10,13,17H,3-4,7-9,11H2,1-2H3;1H. The molecule has 0 radical (unpaired) electrons. The van der Waals surface area contributed by atoms with Crippen LogP contribution in [0, 0.1) is 0 Å². The van der Waals surface area contributed by atoms with Gasteiger partial charge in [-0.1, -0.05) is 11.6 Å². The highest BCUT2D eigenvalue weighted by atomic mass is 35.5. The quantitative estimate of drug-likeness (QED) is 0.679. The van der Waals surface area contributed by atoms with Crippen LogP contribution in [0.4, 0.5) is 0 Å². The van der Waals surface area contributed by atoms with Crippen LogP contribution < -0.4 is 10.1 Å². The van der Waals surface area contributed by atoms with Crippen LogP contribution in [-0.2, 0) is 14.8 Å². The van der Waals surface area contributed by atoms with E-state index in [2.05, 4.69) is 5.32 Å². The van der Waals surface area contributed by atoms with E-state index in [1.807, 2.05) is 7.05 Å². The summed E-state index contributed by atoms with van der Waals surface area (Å²) in [5.74, 6) is 0.307. The predicted octanol–water partition coefficient (Wildman–Crippen LogP) is 2.16. The van der Waals surface area contributed by atoms with Gasteiger partial charge >= 0.3 is 0 Å². The number of hydrogen-bond acceptors (Lipinski definition) is 5. The molecule has 0 amide bonds. The number of hydrogen-bond donors (Lipinski definition) is 1. The average molecular weight is 399 g/mol. The van der Waals surface area contributed by atoms with Gasteiger partial charge in [0.15, 0.2) is 0 Å². The topological polar surface area (TPSA) is 67.9 Å². The van der Waals surface area contributed by atoms with Gasteiger partial charge in [0, 0.05) is 31.3 Å². The zero-order chi connectivity index (χ0) is 16.9. The summed E-state index contributed by atoms with van der Waals surface area (Å²) in [6, 6.07) is 4.62. The zero-order valence-electron chi connectivity index (χ0n) is 13.8. The molecule has 1 N–H and O–H groups in total. The molecule has 1 fully saturated rings. The van der Waals surface area contributed by atoms with Crippen molar-refractivity contribution in [2.45, 2.75) is 23.8 Å². The lowest BCUT2D eigenvalue weighted by Crippen LogP contribution is -2.40. The first-order valence-electron chi connectivity index (χ1n) is 7.58. The lowest BCUT2D eigenvalue weighted by molar-refractivity contribution is 0.144. The van der Waals surface area contributed by atoms with Crippen molar-refractivity contribution in [2.24, 2.45) is 0 Å². The third-order valence-electron chi connectivity index (χ3n) is 3.80. The van der Waals surface area contributed by atoms with E-state index < -0.39 is 10.0 Å². The maximum Gasteiger partial charge on any atom is 0.247 e. The lowest BCUT2D eigenvalue weighted by atomic mass is 10.2. The van der Waals surface area contributed by atoms with Crippen molar-refractivity contribution in [3.63, 3.8) is 0 Å². The summed E-state index contributed by atoms with van der Waals surface area (Å²) in [6.45, 7) is 1.80. The minimum atomic E-state index is -3.66. The van der Waals surface area contributed by atoms with E-state index in [1.165, 1.54) is 6.07 Å². The van der Waals surface area contributed by atoms with Crippen molar-refractivity contribution in [3.8, 4) is 5.75 Å². The molecule has 0 spiro atoms. The smallest absolute Gasteiger partial charge is 0.247 e. The van der Waals surface area contributed by atoms with Crippen molar-refractivity contribution < 1.29 is 17.9 Å². The molecule has 6 nitrogen and oxygen atoms in total. The van der Waals surface area contributed by atoms with Crippen LogP contribution in [0.15, 0.2) is 23.1 Å². The SMILES string of the molecule is CNCC1CCCN1S(=O)(=O)c1cc(Cl)ccc1OCCOC.Cl. The molecule has 0 saturated carbocycles. The Kier molecular flexibility index (Phi) is 8.76. The molecule has 1 aromatic rings. The molecule has 1 aliphatic rings. The second-order valence-corrected chi connectivity index (χ2v) is 7.70. The molecule has 1 aromatic carbocycles. The van der Waals surface area contributed by atoms with Crippen molar-refractivity contribution >= 4 is 34.0 Å². The molecule has 1 atom stereocenters. The molecule has 2 rings (SSSR count). The van der Waals surface area contributed by atoms with Gasteiger partial charge in [-0.25, -0.2) is 8.42 Å². The van der Waals surface area contributed by atoms with Crippen molar-refractivity contribution in [1.29, 1.82) is 0 Å². The third-order valence-corrected chi connectivity index (χ3v) is 6.01. The molecule has 24 heavy (non-hydrogen) atoms. The summed E-state index contributed by atoms with van der Waals surface area (Å²) in [5.41, 5.74) is 0. The molecular formula is C15H24Cl2N2O4S. The molecule has 9 heteroatoms. The van der Waals surface area contributed by atoms with Gasteiger partial charge in [-0.15, -0.1) is 12.4 Å². The first-order chi connectivity index (χ1) is 11.0. The van der Waals surface area contributed by atoms with Gasteiger partial charge in [0.1, 0.15) is 17.3 Å². The summed E-state index contributed by atoms with van der Waals surface area (Å²) < 4.78 is 38.2. The molecule has 0 bridgehead atoms. The van der Waals surface area contributed by atoms with Gasteiger partial charge in [-0.2, -0.15) is 4.31 Å². The Bertz CT molecular complexity index is 628. The van der Waals surface area contributed by atoms with E-state index in [0.717, 1.165) is 12.8 Å². The lowest BCUT2D eigenvalue weighted by Gasteiger charge is -2.25. The predicted molar refractivity (Wildman–Crippen MR) is 96.9 cm³/mol. The third kappa shape index (κ3) is 4.97. The van der Waals surface area contributed by atoms with Crippen LogP contribution in [0.3, 0.4) is 0 Å². The van der Waals surface area contributed by atoms with Gasteiger partial charge in [0.2, 0.25) is 10.0 Å². The fraction of sp³-hybridized carbons (Fsp3) is 0.600.